The molecule has 3 heteroatoms. The van der Waals surface area contributed by atoms with Crippen LogP contribution < -0.4 is 0 Å². The van der Waals surface area contributed by atoms with Gasteiger partial charge in [0.05, 0.1) is 6.61 Å². The molecule has 3 fully saturated rings. The van der Waals surface area contributed by atoms with E-state index < -0.39 is 0 Å². The van der Waals surface area contributed by atoms with Crippen molar-refractivity contribution >= 4 is 11.6 Å². The summed E-state index contributed by atoms with van der Waals surface area (Å²) in [6.07, 6.45) is 9.06. The van der Waals surface area contributed by atoms with Gasteiger partial charge in [0.25, 0.3) is 0 Å². The fourth-order valence-corrected chi connectivity index (χ4v) is 6.43. The van der Waals surface area contributed by atoms with Crippen molar-refractivity contribution in [2.45, 2.75) is 58.3 Å². The highest BCUT2D eigenvalue weighted by atomic mass is 16.3. The minimum atomic E-state index is -0.163. The van der Waals surface area contributed by atoms with Crippen molar-refractivity contribution in [1.82, 2.24) is 0 Å². The van der Waals surface area contributed by atoms with E-state index in [0.717, 1.165) is 44.9 Å². The van der Waals surface area contributed by atoms with Gasteiger partial charge in [0.2, 0.25) is 0 Å². The molecule has 4 aliphatic rings. The van der Waals surface area contributed by atoms with Gasteiger partial charge >= 0.3 is 0 Å². The third-order valence-electron chi connectivity index (χ3n) is 7.68. The average molecular weight is 302 g/mol. The van der Waals surface area contributed by atoms with Gasteiger partial charge in [-0.25, -0.2) is 0 Å². The van der Waals surface area contributed by atoms with Crippen LogP contribution in [0.5, 0.6) is 0 Å². The maximum atomic E-state index is 12.4. The first-order chi connectivity index (χ1) is 10.5. The normalized spacial score (nSPS) is 47.5. The molecule has 4 rings (SSSR count). The van der Waals surface area contributed by atoms with Crippen LogP contribution in [0.15, 0.2) is 11.6 Å². The first kappa shape index (κ1) is 14.6. The lowest BCUT2D eigenvalue weighted by Gasteiger charge is -2.57. The predicted octanol–water partition coefficient (Wildman–Crippen LogP) is 3.06. The van der Waals surface area contributed by atoms with Gasteiger partial charge in [0.1, 0.15) is 5.78 Å². The Balaban J connectivity index is 1.73. The number of Topliss-reactive ketones (excluding diaryl/α,β-unsaturated/α-hetero) is 1. The molecule has 22 heavy (non-hydrogen) atoms. The highest BCUT2D eigenvalue weighted by Crippen LogP contribution is 2.64. The molecule has 4 aliphatic carbocycles. The minimum Gasteiger partial charge on any atom is -0.395 e. The van der Waals surface area contributed by atoms with Gasteiger partial charge in [0.15, 0.2) is 5.78 Å². The van der Waals surface area contributed by atoms with E-state index in [0.29, 0.717) is 30.0 Å². The summed E-state index contributed by atoms with van der Waals surface area (Å²) >= 11 is 0. The second-order valence-electron chi connectivity index (χ2n) is 8.28. The number of ketones is 2. The molecule has 3 nitrogen and oxygen atoms in total. The molecule has 1 N–H and O–H groups in total. The van der Waals surface area contributed by atoms with E-state index in [4.69, 9.17) is 0 Å². The molecule has 0 aliphatic heterocycles. The SMILES string of the molecule is C[C@]12CC[C@@H]3[C@H](CCC4=CC(=O)CC[C@@]43CO)[C@H]1CCC2=O. The molecule has 0 aromatic carbocycles. The molecule has 0 saturated heterocycles. The molecule has 0 bridgehead atoms. The molecule has 0 spiro atoms. The standard InChI is InChI=1S/C19H26O3/c1-18-8-7-16-14(15(18)4-5-17(18)22)3-2-12-10-13(21)6-9-19(12,16)11-20/h10,14-16,20H,2-9,11H2,1H3/t14-,15-,16-,18+,19-/m1/s1. The maximum Gasteiger partial charge on any atom is 0.155 e. The average Bonchev–Trinajstić information content (AvgIpc) is 2.82. The van der Waals surface area contributed by atoms with Gasteiger partial charge in [-0.1, -0.05) is 12.5 Å². The lowest BCUT2D eigenvalue weighted by Crippen LogP contribution is -2.53. The van der Waals surface area contributed by atoms with Gasteiger partial charge in [-0.2, -0.15) is 0 Å². The number of aliphatic hydroxyl groups excluding tert-OH is 1. The Kier molecular flexibility index (Phi) is 3.17. The molecule has 5 atom stereocenters. The zero-order chi connectivity index (χ0) is 15.5. The van der Waals surface area contributed by atoms with Crippen molar-refractivity contribution in [2.75, 3.05) is 6.61 Å². The van der Waals surface area contributed by atoms with Gasteiger partial charge in [-0.3, -0.25) is 9.59 Å². The van der Waals surface area contributed by atoms with Crippen molar-refractivity contribution < 1.29 is 14.7 Å². The summed E-state index contributed by atoms with van der Waals surface area (Å²) in [6, 6.07) is 0. The summed E-state index contributed by atoms with van der Waals surface area (Å²) in [5, 5.41) is 10.2. The summed E-state index contributed by atoms with van der Waals surface area (Å²) < 4.78 is 0. The van der Waals surface area contributed by atoms with E-state index >= 15 is 0 Å². The molecule has 0 aromatic heterocycles. The van der Waals surface area contributed by atoms with Crippen LogP contribution in [-0.4, -0.2) is 23.3 Å². The second-order valence-corrected chi connectivity index (χ2v) is 8.28. The highest BCUT2D eigenvalue weighted by molar-refractivity contribution is 5.91. The van der Waals surface area contributed by atoms with Crippen LogP contribution in [0.1, 0.15) is 58.3 Å². The van der Waals surface area contributed by atoms with E-state index in [2.05, 4.69) is 6.92 Å². The third-order valence-corrected chi connectivity index (χ3v) is 7.68. The summed E-state index contributed by atoms with van der Waals surface area (Å²) in [7, 11) is 0. The zero-order valence-corrected chi connectivity index (χ0v) is 13.4. The van der Waals surface area contributed by atoms with E-state index in [1.165, 1.54) is 5.57 Å². The number of carbonyl (C=O) groups excluding carboxylic acids is 2. The number of hydrogen-bond acceptors (Lipinski definition) is 3. The molecule has 0 radical (unpaired) electrons. The summed E-state index contributed by atoms with van der Waals surface area (Å²) in [5.41, 5.74) is 0.938. The van der Waals surface area contributed by atoms with E-state index in [1.807, 2.05) is 6.08 Å². The number of fused-ring (bicyclic) bond motifs is 5. The van der Waals surface area contributed by atoms with E-state index in [1.54, 1.807) is 0 Å². The van der Waals surface area contributed by atoms with Crippen molar-refractivity contribution in [1.29, 1.82) is 0 Å². The molecular formula is C19H26O3. The van der Waals surface area contributed by atoms with Gasteiger partial charge in [0, 0.05) is 23.7 Å². The molecule has 0 unspecified atom stereocenters. The van der Waals surface area contributed by atoms with Gasteiger partial charge in [-0.05, 0) is 62.4 Å². The van der Waals surface area contributed by atoms with E-state index in [-0.39, 0.29) is 23.2 Å². The van der Waals surface area contributed by atoms with Crippen LogP contribution in [-0.2, 0) is 9.59 Å². The number of carbonyl (C=O) groups is 2. The van der Waals surface area contributed by atoms with Crippen LogP contribution >= 0.6 is 0 Å². The molecule has 120 valence electrons. The fraction of sp³-hybridized carbons (Fsp3) is 0.789. The third kappa shape index (κ3) is 1.72. The molecule has 3 saturated carbocycles. The lowest BCUT2D eigenvalue weighted by molar-refractivity contribution is -0.134. The van der Waals surface area contributed by atoms with Crippen molar-refractivity contribution in [3.05, 3.63) is 11.6 Å². The van der Waals surface area contributed by atoms with Crippen LogP contribution in [0, 0.1) is 28.6 Å². The summed E-state index contributed by atoms with van der Waals surface area (Å²) in [6.45, 7) is 2.36. The Labute approximate surface area is 132 Å². The first-order valence-corrected chi connectivity index (χ1v) is 8.89. The Morgan fingerprint density at radius 2 is 1.91 bits per heavy atom. The second kappa shape index (κ2) is 4.77. The van der Waals surface area contributed by atoms with Crippen LogP contribution in [0.3, 0.4) is 0 Å². The van der Waals surface area contributed by atoms with Crippen molar-refractivity contribution in [2.24, 2.45) is 28.6 Å². The first-order valence-electron chi connectivity index (χ1n) is 8.89. The zero-order valence-electron chi connectivity index (χ0n) is 13.4. The number of aliphatic hydroxyl groups is 1. The quantitative estimate of drug-likeness (QED) is 0.810. The Morgan fingerprint density at radius 3 is 2.68 bits per heavy atom. The minimum absolute atomic E-state index is 0.108. The molecule has 0 amide bonds. The summed E-state index contributed by atoms with van der Waals surface area (Å²) in [4.78, 5) is 24.2. The van der Waals surface area contributed by atoms with E-state index in [9.17, 15) is 14.7 Å². The lowest BCUT2D eigenvalue weighted by atomic mass is 9.47. The van der Waals surface area contributed by atoms with Gasteiger partial charge in [-0.15, -0.1) is 0 Å². The molecular weight excluding hydrogens is 276 g/mol. The smallest absolute Gasteiger partial charge is 0.155 e. The number of rotatable bonds is 1. The van der Waals surface area contributed by atoms with Crippen LogP contribution in [0.4, 0.5) is 0 Å². The predicted molar refractivity (Wildman–Crippen MR) is 83.1 cm³/mol. The Morgan fingerprint density at radius 1 is 1.09 bits per heavy atom. The Bertz CT molecular complexity index is 563. The summed E-state index contributed by atoms with van der Waals surface area (Å²) in [5.74, 6) is 2.22. The Hall–Kier alpha value is -0.960. The van der Waals surface area contributed by atoms with Crippen LogP contribution in [0.2, 0.25) is 0 Å². The van der Waals surface area contributed by atoms with Crippen LogP contribution in [0.25, 0.3) is 0 Å². The molecule has 0 aromatic rings. The fourth-order valence-electron chi connectivity index (χ4n) is 6.43. The van der Waals surface area contributed by atoms with Crippen molar-refractivity contribution in [3.63, 3.8) is 0 Å². The monoisotopic (exact) mass is 302 g/mol. The van der Waals surface area contributed by atoms with Crippen molar-refractivity contribution in [3.8, 4) is 0 Å². The highest BCUT2D eigenvalue weighted by Gasteiger charge is 2.59. The maximum absolute atomic E-state index is 12.4. The van der Waals surface area contributed by atoms with Gasteiger partial charge < -0.3 is 5.11 Å². The molecule has 0 heterocycles. The topological polar surface area (TPSA) is 54.4 Å². The largest absolute Gasteiger partial charge is 0.395 e. The number of hydrogen-bond donors (Lipinski definition) is 1.